The summed E-state index contributed by atoms with van der Waals surface area (Å²) in [5, 5.41) is 0. The summed E-state index contributed by atoms with van der Waals surface area (Å²) >= 11 is 6.67. The number of halogens is 5. The third kappa shape index (κ3) is 5.71. The molecule has 1 saturated carbocycles. The molecule has 0 spiro atoms. The van der Waals surface area contributed by atoms with Gasteiger partial charge in [-0.25, -0.2) is 0 Å². The van der Waals surface area contributed by atoms with Gasteiger partial charge in [0, 0.05) is 0 Å². The minimum atomic E-state index is -4.75. The van der Waals surface area contributed by atoms with E-state index in [1.54, 1.807) is 12.1 Å². The van der Waals surface area contributed by atoms with Crippen molar-refractivity contribution in [3.8, 4) is 16.9 Å². The molecule has 2 aromatic rings. The van der Waals surface area contributed by atoms with Gasteiger partial charge in [-0.05, 0) is 84.5 Å². The number of alkyl halides is 3. The van der Waals surface area contributed by atoms with E-state index in [9.17, 15) is 18.0 Å². The first-order valence-electron chi connectivity index (χ1n) is 9.54. The standard InChI is InChI=1S/C23H21Br2F3O3/c1-13-15(12-30-21(29)20-18(11-19(24)25)22(20,2)3)7-5-9-17(13)14-6-4-8-16(10-14)31-23(26,27)28/h4-11,18,20H,12H2,1-3H3. The van der Waals surface area contributed by atoms with Crippen LogP contribution in [-0.4, -0.2) is 12.3 Å². The zero-order valence-electron chi connectivity index (χ0n) is 17.1. The molecular weight excluding hydrogens is 541 g/mol. The molecule has 2 atom stereocenters. The third-order valence-electron chi connectivity index (χ3n) is 5.66. The Morgan fingerprint density at radius 2 is 1.84 bits per heavy atom. The fourth-order valence-corrected chi connectivity index (χ4v) is 4.40. The highest BCUT2D eigenvalue weighted by Gasteiger charge is 2.61. The zero-order chi connectivity index (χ0) is 23.0. The van der Waals surface area contributed by atoms with Gasteiger partial charge in [-0.1, -0.05) is 50.3 Å². The van der Waals surface area contributed by atoms with Crippen molar-refractivity contribution in [3.05, 3.63) is 63.1 Å². The fourth-order valence-electron chi connectivity index (χ4n) is 3.83. The first-order valence-corrected chi connectivity index (χ1v) is 11.1. The van der Waals surface area contributed by atoms with Gasteiger partial charge in [0.2, 0.25) is 0 Å². The predicted octanol–water partition coefficient (Wildman–Crippen LogP) is 7.51. The average Bonchev–Trinajstić information content (AvgIpc) is 3.18. The number of esters is 1. The number of hydrogen-bond donors (Lipinski definition) is 0. The maximum Gasteiger partial charge on any atom is 0.573 e. The van der Waals surface area contributed by atoms with Crippen LogP contribution in [0.1, 0.15) is 25.0 Å². The van der Waals surface area contributed by atoms with Crippen LogP contribution in [0, 0.1) is 24.2 Å². The van der Waals surface area contributed by atoms with E-state index in [-0.39, 0.29) is 35.6 Å². The number of benzene rings is 2. The van der Waals surface area contributed by atoms with Gasteiger partial charge in [-0.15, -0.1) is 13.2 Å². The summed E-state index contributed by atoms with van der Waals surface area (Å²) < 4.78 is 48.0. The maximum absolute atomic E-state index is 12.6. The summed E-state index contributed by atoms with van der Waals surface area (Å²) in [6, 6.07) is 11.3. The molecule has 2 aromatic carbocycles. The number of carbonyl (C=O) groups is 1. The molecule has 1 aliphatic rings. The number of allylic oxidation sites excluding steroid dienone is 1. The minimum absolute atomic E-state index is 0.0811. The van der Waals surface area contributed by atoms with Gasteiger partial charge in [-0.2, -0.15) is 0 Å². The quantitative estimate of drug-likeness (QED) is 0.342. The van der Waals surface area contributed by atoms with Crippen LogP contribution in [0.4, 0.5) is 13.2 Å². The van der Waals surface area contributed by atoms with Gasteiger partial charge in [0.15, 0.2) is 0 Å². The van der Waals surface area contributed by atoms with Gasteiger partial charge >= 0.3 is 12.3 Å². The molecule has 31 heavy (non-hydrogen) atoms. The van der Waals surface area contributed by atoms with E-state index in [2.05, 4.69) is 36.6 Å². The summed E-state index contributed by atoms with van der Waals surface area (Å²) in [5.74, 6) is -0.693. The van der Waals surface area contributed by atoms with Crippen LogP contribution in [-0.2, 0) is 16.1 Å². The Balaban J connectivity index is 1.74. The lowest BCUT2D eigenvalue weighted by atomic mass is 9.96. The predicted molar refractivity (Wildman–Crippen MR) is 120 cm³/mol. The molecule has 3 rings (SSSR count). The Morgan fingerprint density at radius 3 is 2.48 bits per heavy atom. The fraction of sp³-hybridized carbons (Fsp3) is 0.348. The molecule has 2 unspecified atom stereocenters. The number of rotatable bonds is 6. The van der Waals surface area contributed by atoms with E-state index in [1.165, 1.54) is 18.2 Å². The maximum atomic E-state index is 12.6. The van der Waals surface area contributed by atoms with Gasteiger partial charge in [0.1, 0.15) is 12.4 Å². The second kappa shape index (κ2) is 8.98. The Kier molecular flexibility index (Phi) is 6.91. The first-order chi connectivity index (χ1) is 14.4. The van der Waals surface area contributed by atoms with E-state index in [4.69, 9.17) is 4.74 Å². The van der Waals surface area contributed by atoms with Crippen molar-refractivity contribution in [2.75, 3.05) is 0 Å². The van der Waals surface area contributed by atoms with Crippen LogP contribution < -0.4 is 4.74 Å². The second-order valence-electron chi connectivity index (χ2n) is 8.05. The summed E-state index contributed by atoms with van der Waals surface area (Å²) in [7, 11) is 0. The molecule has 0 N–H and O–H groups in total. The number of hydrogen-bond acceptors (Lipinski definition) is 3. The molecule has 8 heteroatoms. The number of carbonyl (C=O) groups excluding carboxylic acids is 1. The summed E-state index contributed by atoms with van der Waals surface area (Å²) in [5.41, 5.74) is 2.77. The minimum Gasteiger partial charge on any atom is -0.461 e. The highest BCUT2D eigenvalue weighted by Crippen LogP contribution is 2.60. The van der Waals surface area contributed by atoms with E-state index in [1.807, 2.05) is 39.0 Å². The van der Waals surface area contributed by atoms with Crippen LogP contribution >= 0.6 is 31.9 Å². The van der Waals surface area contributed by atoms with Crippen LogP contribution in [0.25, 0.3) is 11.1 Å². The highest BCUT2D eigenvalue weighted by molar-refractivity contribution is 9.28. The highest BCUT2D eigenvalue weighted by atomic mass is 79.9. The van der Waals surface area contributed by atoms with E-state index in [0.717, 1.165) is 20.1 Å². The molecule has 0 heterocycles. The Labute approximate surface area is 195 Å². The molecule has 0 aromatic heterocycles. The summed E-state index contributed by atoms with van der Waals surface area (Å²) in [6.07, 6.45) is -2.80. The third-order valence-corrected chi connectivity index (χ3v) is 6.19. The molecule has 0 radical (unpaired) electrons. The van der Waals surface area contributed by atoms with Crippen LogP contribution in [0.3, 0.4) is 0 Å². The Morgan fingerprint density at radius 1 is 1.16 bits per heavy atom. The van der Waals surface area contributed by atoms with Crippen molar-refractivity contribution in [1.82, 2.24) is 0 Å². The van der Waals surface area contributed by atoms with Crippen LogP contribution in [0.15, 0.2) is 51.9 Å². The largest absolute Gasteiger partial charge is 0.573 e. The van der Waals surface area contributed by atoms with Crippen molar-refractivity contribution in [3.63, 3.8) is 0 Å². The average molecular weight is 562 g/mol. The molecule has 166 valence electrons. The molecule has 1 fully saturated rings. The lowest BCUT2D eigenvalue weighted by Gasteiger charge is -2.14. The lowest BCUT2D eigenvalue weighted by molar-refractivity contribution is -0.274. The molecule has 3 nitrogen and oxygen atoms in total. The summed E-state index contributed by atoms with van der Waals surface area (Å²) in [4.78, 5) is 12.6. The topological polar surface area (TPSA) is 35.5 Å². The van der Waals surface area contributed by atoms with Crippen molar-refractivity contribution < 1.29 is 27.4 Å². The van der Waals surface area contributed by atoms with Gasteiger partial charge in [0.25, 0.3) is 0 Å². The van der Waals surface area contributed by atoms with Gasteiger partial charge < -0.3 is 9.47 Å². The monoisotopic (exact) mass is 560 g/mol. The first kappa shape index (κ1) is 23.9. The van der Waals surface area contributed by atoms with E-state index >= 15 is 0 Å². The van der Waals surface area contributed by atoms with Crippen LogP contribution in [0.2, 0.25) is 0 Å². The molecule has 1 aliphatic carbocycles. The van der Waals surface area contributed by atoms with Crippen LogP contribution in [0.5, 0.6) is 5.75 Å². The van der Waals surface area contributed by atoms with Gasteiger partial charge in [0.05, 0.1) is 9.31 Å². The molecule has 0 aliphatic heterocycles. The normalized spacial score (nSPS) is 19.5. The summed E-state index contributed by atoms with van der Waals surface area (Å²) in [6.45, 7) is 5.98. The van der Waals surface area contributed by atoms with E-state index < -0.39 is 6.36 Å². The van der Waals surface area contributed by atoms with Crippen molar-refractivity contribution in [2.24, 2.45) is 17.3 Å². The zero-order valence-corrected chi connectivity index (χ0v) is 20.3. The molecular formula is C23H21Br2F3O3. The second-order valence-corrected chi connectivity index (χ2v) is 10.8. The molecule has 0 bridgehead atoms. The van der Waals surface area contributed by atoms with Crippen molar-refractivity contribution in [2.45, 2.75) is 33.7 Å². The molecule has 0 saturated heterocycles. The van der Waals surface area contributed by atoms with E-state index in [0.29, 0.717) is 5.56 Å². The smallest absolute Gasteiger partial charge is 0.461 e. The van der Waals surface area contributed by atoms with Gasteiger partial charge in [-0.3, -0.25) is 4.79 Å². The SMILES string of the molecule is Cc1c(COC(=O)C2C(C=C(Br)Br)C2(C)C)cccc1-c1cccc(OC(F)(F)F)c1. The Hall–Kier alpha value is -1.80. The van der Waals surface area contributed by atoms with Crippen molar-refractivity contribution >= 4 is 37.8 Å². The van der Waals surface area contributed by atoms with Crippen molar-refractivity contribution in [1.29, 1.82) is 0 Å². The molecule has 0 amide bonds. The Bertz CT molecular complexity index is 1010. The lowest BCUT2D eigenvalue weighted by Crippen LogP contribution is -2.17. The number of ether oxygens (including phenoxy) is 2.